The standard InChI is InChI=1S/C15H8Cl2FN3O4/c16-9-3-8(5-19-13(9)17)15-20-14(21-25-15)7-1-2-11(10(18)4-7)24-6-12(22)23/h1-5H,6H2,(H,22,23). The molecule has 3 aromatic rings. The number of hydrogen-bond acceptors (Lipinski definition) is 6. The monoisotopic (exact) mass is 383 g/mol. The summed E-state index contributed by atoms with van der Waals surface area (Å²) in [5.74, 6) is -1.89. The van der Waals surface area contributed by atoms with Crippen LogP contribution in [0.2, 0.25) is 10.2 Å². The van der Waals surface area contributed by atoms with Crippen LogP contribution in [0.25, 0.3) is 22.8 Å². The average Bonchev–Trinajstić information content (AvgIpc) is 3.06. The lowest BCUT2D eigenvalue weighted by Crippen LogP contribution is -2.10. The first-order chi connectivity index (χ1) is 11.9. The predicted molar refractivity (Wildman–Crippen MR) is 86.1 cm³/mol. The second kappa shape index (κ2) is 7.04. The van der Waals surface area contributed by atoms with E-state index < -0.39 is 18.4 Å². The average molecular weight is 384 g/mol. The molecule has 0 aliphatic carbocycles. The summed E-state index contributed by atoms with van der Waals surface area (Å²) in [6, 6.07) is 5.38. The van der Waals surface area contributed by atoms with Crippen LogP contribution >= 0.6 is 23.2 Å². The lowest BCUT2D eigenvalue weighted by molar-refractivity contribution is -0.139. The van der Waals surface area contributed by atoms with Crippen molar-refractivity contribution in [3.05, 3.63) is 46.5 Å². The SMILES string of the molecule is O=C(O)COc1ccc(-c2noc(-c3cnc(Cl)c(Cl)c3)n2)cc1F. The molecule has 0 fully saturated rings. The summed E-state index contributed by atoms with van der Waals surface area (Å²) in [4.78, 5) is 18.5. The lowest BCUT2D eigenvalue weighted by atomic mass is 10.2. The van der Waals surface area contributed by atoms with Gasteiger partial charge in [-0.1, -0.05) is 28.4 Å². The Kier molecular flexibility index (Phi) is 4.82. The third kappa shape index (κ3) is 3.86. The number of aliphatic carboxylic acids is 1. The molecular formula is C15H8Cl2FN3O4. The highest BCUT2D eigenvalue weighted by Gasteiger charge is 2.15. The van der Waals surface area contributed by atoms with Crippen LogP contribution in [0.4, 0.5) is 4.39 Å². The Morgan fingerprint density at radius 1 is 1.28 bits per heavy atom. The second-order valence-electron chi connectivity index (χ2n) is 4.75. The van der Waals surface area contributed by atoms with Crippen molar-refractivity contribution in [1.82, 2.24) is 15.1 Å². The van der Waals surface area contributed by atoms with Crippen LogP contribution in [-0.2, 0) is 4.79 Å². The summed E-state index contributed by atoms with van der Waals surface area (Å²) in [5, 5.41) is 12.7. The van der Waals surface area contributed by atoms with Crippen molar-refractivity contribution in [3.8, 4) is 28.6 Å². The van der Waals surface area contributed by atoms with Crippen LogP contribution < -0.4 is 4.74 Å². The fourth-order valence-electron chi connectivity index (χ4n) is 1.89. The fraction of sp³-hybridized carbons (Fsp3) is 0.0667. The minimum Gasteiger partial charge on any atom is -0.479 e. The molecule has 0 unspecified atom stereocenters. The smallest absolute Gasteiger partial charge is 0.341 e. The van der Waals surface area contributed by atoms with E-state index in [1.54, 1.807) is 0 Å². The Labute approximate surface area is 150 Å². The van der Waals surface area contributed by atoms with Gasteiger partial charge in [-0.3, -0.25) is 0 Å². The zero-order valence-corrected chi connectivity index (χ0v) is 13.8. The molecule has 0 radical (unpaired) electrons. The number of carbonyl (C=O) groups is 1. The van der Waals surface area contributed by atoms with Crippen LogP contribution in [0.1, 0.15) is 0 Å². The molecule has 0 bridgehead atoms. The Morgan fingerprint density at radius 3 is 2.76 bits per heavy atom. The second-order valence-corrected chi connectivity index (χ2v) is 5.51. The molecule has 1 aromatic carbocycles. The maximum Gasteiger partial charge on any atom is 0.341 e. The Morgan fingerprint density at radius 2 is 2.08 bits per heavy atom. The first-order valence-electron chi connectivity index (χ1n) is 6.73. The summed E-state index contributed by atoms with van der Waals surface area (Å²) in [6.07, 6.45) is 1.41. The van der Waals surface area contributed by atoms with Crippen LogP contribution in [-0.4, -0.2) is 32.8 Å². The van der Waals surface area contributed by atoms with Gasteiger partial charge in [-0.2, -0.15) is 4.98 Å². The van der Waals surface area contributed by atoms with Crippen LogP contribution in [0.5, 0.6) is 5.75 Å². The molecule has 0 saturated heterocycles. The molecular weight excluding hydrogens is 376 g/mol. The van der Waals surface area contributed by atoms with Gasteiger partial charge in [-0.15, -0.1) is 0 Å². The molecule has 0 atom stereocenters. The van der Waals surface area contributed by atoms with E-state index in [1.165, 1.54) is 24.4 Å². The van der Waals surface area contributed by atoms with Gasteiger partial charge < -0.3 is 14.4 Å². The molecule has 0 aliphatic heterocycles. The minimum atomic E-state index is -1.21. The molecule has 7 nitrogen and oxygen atoms in total. The molecule has 1 N–H and O–H groups in total. The van der Waals surface area contributed by atoms with Gasteiger partial charge in [0.25, 0.3) is 5.89 Å². The van der Waals surface area contributed by atoms with Crippen molar-refractivity contribution in [2.75, 3.05) is 6.61 Å². The minimum absolute atomic E-state index is 0.129. The van der Waals surface area contributed by atoms with Crippen molar-refractivity contribution in [1.29, 1.82) is 0 Å². The molecule has 0 spiro atoms. The number of carboxylic acids is 1. The number of ether oxygens (including phenoxy) is 1. The summed E-state index contributed by atoms with van der Waals surface area (Å²) in [6.45, 7) is -0.646. The summed E-state index contributed by atoms with van der Waals surface area (Å²) < 4.78 is 23.9. The molecule has 25 heavy (non-hydrogen) atoms. The van der Waals surface area contributed by atoms with Crippen LogP contribution in [0, 0.1) is 5.82 Å². The molecule has 0 saturated carbocycles. The van der Waals surface area contributed by atoms with Gasteiger partial charge in [0.15, 0.2) is 18.2 Å². The largest absolute Gasteiger partial charge is 0.479 e. The predicted octanol–water partition coefficient (Wildman–Crippen LogP) is 3.71. The van der Waals surface area contributed by atoms with Crippen molar-refractivity contribution in [2.24, 2.45) is 0 Å². The van der Waals surface area contributed by atoms with Crippen LogP contribution in [0.15, 0.2) is 35.0 Å². The number of nitrogens with zero attached hydrogens (tertiary/aromatic N) is 3. The van der Waals surface area contributed by atoms with Crippen molar-refractivity contribution >= 4 is 29.2 Å². The number of halogens is 3. The first-order valence-corrected chi connectivity index (χ1v) is 7.49. The lowest BCUT2D eigenvalue weighted by Gasteiger charge is -2.05. The number of hydrogen-bond donors (Lipinski definition) is 1. The summed E-state index contributed by atoms with van der Waals surface area (Å²) in [5.41, 5.74) is 0.776. The number of pyridine rings is 1. The zero-order chi connectivity index (χ0) is 18.0. The highest BCUT2D eigenvalue weighted by atomic mass is 35.5. The number of rotatable bonds is 5. The normalized spacial score (nSPS) is 10.7. The van der Waals surface area contributed by atoms with Crippen molar-refractivity contribution < 1.29 is 23.6 Å². The maximum absolute atomic E-state index is 14.0. The molecule has 0 amide bonds. The van der Waals surface area contributed by atoms with E-state index in [0.29, 0.717) is 11.1 Å². The molecule has 0 aliphatic rings. The van der Waals surface area contributed by atoms with Gasteiger partial charge >= 0.3 is 5.97 Å². The van der Waals surface area contributed by atoms with Crippen LogP contribution in [0.3, 0.4) is 0 Å². The van der Waals surface area contributed by atoms with E-state index in [4.69, 9.17) is 37.6 Å². The third-order valence-corrected chi connectivity index (χ3v) is 3.70. The van der Waals surface area contributed by atoms with Crippen molar-refractivity contribution in [2.45, 2.75) is 0 Å². The maximum atomic E-state index is 14.0. The molecule has 3 rings (SSSR count). The van der Waals surface area contributed by atoms with E-state index in [-0.39, 0.29) is 27.6 Å². The van der Waals surface area contributed by atoms with Gasteiger partial charge in [0.2, 0.25) is 5.82 Å². The molecule has 2 aromatic heterocycles. The highest BCUT2D eigenvalue weighted by Crippen LogP contribution is 2.28. The molecule has 2 heterocycles. The highest BCUT2D eigenvalue weighted by molar-refractivity contribution is 6.41. The van der Waals surface area contributed by atoms with Gasteiger partial charge in [0.05, 0.1) is 10.6 Å². The quantitative estimate of drug-likeness (QED) is 0.670. The molecule has 128 valence electrons. The topological polar surface area (TPSA) is 98.3 Å². The van der Waals surface area contributed by atoms with E-state index >= 15 is 0 Å². The van der Waals surface area contributed by atoms with E-state index in [2.05, 4.69) is 15.1 Å². The van der Waals surface area contributed by atoms with Gasteiger partial charge in [0.1, 0.15) is 5.15 Å². The third-order valence-electron chi connectivity index (χ3n) is 3.01. The summed E-state index contributed by atoms with van der Waals surface area (Å²) in [7, 11) is 0. The number of aromatic nitrogens is 3. The fourth-order valence-corrected chi connectivity index (χ4v) is 2.16. The van der Waals surface area contributed by atoms with Gasteiger partial charge in [-0.25, -0.2) is 14.2 Å². The van der Waals surface area contributed by atoms with E-state index in [0.717, 1.165) is 6.07 Å². The first kappa shape index (κ1) is 17.1. The molecule has 10 heteroatoms. The van der Waals surface area contributed by atoms with E-state index in [1.807, 2.05) is 0 Å². The van der Waals surface area contributed by atoms with Crippen molar-refractivity contribution in [3.63, 3.8) is 0 Å². The Balaban J connectivity index is 1.85. The summed E-state index contributed by atoms with van der Waals surface area (Å²) >= 11 is 11.6. The Hall–Kier alpha value is -2.71. The van der Waals surface area contributed by atoms with Gasteiger partial charge in [0, 0.05) is 11.8 Å². The number of carboxylic acid groups (broad SMARTS) is 1. The zero-order valence-electron chi connectivity index (χ0n) is 12.2. The van der Waals surface area contributed by atoms with E-state index in [9.17, 15) is 9.18 Å². The number of benzene rings is 1. The van der Waals surface area contributed by atoms with Gasteiger partial charge in [-0.05, 0) is 24.3 Å². The Bertz CT molecular complexity index is 948.